The van der Waals surface area contributed by atoms with E-state index in [2.05, 4.69) is 5.32 Å². The van der Waals surface area contributed by atoms with E-state index in [4.69, 9.17) is 4.74 Å². The lowest BCUT2D eigenvalue weighted by Crippen LogP contribution is -2.39. The highest BCUT2D eigenvalue weighted by atomic mass is 16.5. The van der Waals surface area contributed by atoms with Gasteiger partial charge < -0.3 is 10.1 Å². The molecule has 1 aliphatic rings. The Hall–Kier alpha value is -3.60. The van der Waals surface area contributed by atoms with Gasteiger partial charge >= 0.3 is 0 Å². The lowest BCUT2D eigenvalue weighted by atomic mass is 10.0. The van der Waals surface area contributed by atoms with Gasteiger partial charge in [0.15, 0.2) is 0 Å². The molecule has 0 bridgehead atoms. The molecule has 5 nitrogen and oxygen atoms in total. The highest BCUT2D eigenvalue weighted by molar-refractivity contribution is 6.15. The molecule has 140 valence electrons. The molecule has 0 radical (unpaired) electrons. The van der Waals surface area contributed by atoms with Crippen LogP contribution in [0.1, 0.15) is 27.5 Å². The van der Waals surface area contributed by atoms with Gasteiger partial charge in [-0.2, -0.15) is 0 Å². The van der Waals surface area contributed by atoms with Gasteiger partial charge in [-0.05, 0) is 41.5 Å². The molecule has 4 rings (SSSR count). The summed E-state index contributed by atoms with van der Waals surface area (Å²) in [4.78, 5) is 27.7. The first kappa shape index (κ1) is 17.8. The standard InChI is InChI=1S/C23H20N2O3/c1-28-18-13-11-17(12-14-18)25-21(19-9-5-6-10-20(19)23(25)27)22(26)24-15-16-7-3-2-4-8-16/h2-14,21H,15H2,1H3,(H,24,26). The van der Waals surface area contributed by atoms with Crippen molar-refractivity contribution in [2.75, 3.05) is 12.0 Å². The van der Waals surface area contributed by atoms with E-state index < -0.39 is 6.04 Å². The number of carbonyl (C=O) groups excluding carboxylic acids is 2. The summed E-state index contributed by atoms with van der Waals surface area (Å²) in [5.41, 5.74) is 2.93. The van der Waals surface area contributed by atoms with Gasteiger partial charge in [0, 0.05) is 17.8 Å². The smallest absolute Gasteiger partial charge is 0.259 e. The first-order valence-corrected chi connectivity index (χ1v) is 9.07. The molecule has 2 amide bonds. The summed E-state index contributed by atoms with van der Waals surface area (Å²) in [5, 5.41) is 2.97. The second-order valence-corrected chi connectivity index (χ2v) is 6.57. The van der Waals surface area contributed by atoms with E-state index in [1.807, 2.05) is 48.5 Å². The molecule has 0 spiro atoms. The zero-order valence-electron chi connectivity index (χ0n) is 15.5. The van der Waals surface area contributed by atoms with Gasteiger partial charge in [-0.15, -0.1) is 0 Å². The number of nitrogens with one attached hydrogen (secondary N) is 1. The molecule has 1 atom stereocenters. The molecule has 1 unspecified atom stereocenters. The molecule has 28 heavy (non-hydrogen) atoms. The van der Waals surface area contributed by atoms with Crippen LogP contribution in [-0.4, -0.2) is 18.9 Å². The van der Waals surface area contributed by atoms with Crippen molar-refractivity contribution in [1.82, 2.24) is 5.32 Å². The fourth-order valence-electron chi connectivity index (χ4n) is 3.47. The first-order valence-electron chi connectivity index (χ1n) is 9.07. The van der Waals surface area contributed by atoms with Crippen molar-refractivity contribution < 1.29 is 14.3 Å². The third kappa shape index (κ3) is 3.22. The van der Waals surface area contributed by atoms with Crippen molar-refractivity contribution in [1.29, 1.82) is 0 Å². The molecule has 1 N–H and O–H groups in total. The lowest BCUT2D eigenvalue weighted by Gasteiger charge is -2.25. The molecule has 3 aromatic rings. The Morgan fingerprint density at radius 3 is 2.36 bits per heavy atom. The van der Waals surface area contributed by atoms with E-state index in [-0.39, 0.29) is 11.8 Å². The van der Waals surface area contributed by atoms with Gasteiger partial charge in [0.1, 0.15) is 11.8 Å². The third-order valence-corrected chi connectivity index (χ3v) is 4.87. The number of hydrogen-bond acceptors (Lipinski definition) is 3. The number of anilines is 1. The van der Waals surface area contributed by atoms with Crippen LogP contribution >= 0.6 is 0 Å². The molecular weight excluding hydrogens is 352 g/mol. The Morgan fingerprint density at radius 2 is 1.64 bits per heavy atom. The average molecular weight is 372 g/mol. The van der Waals surface area contributed by atoms with Crippen molar-refractivity contribution in [3.8, 4) is 5.75 Å². The van der Waals surface area contributed by atoms with Crippen LogP contribution in [0.15, 0.2) is 78.9 Å². The van der Waals surface area contributed by atoms with Crippen LogP contribution < -0.4 is 15.0 Å². The van der Waals surface area contributed by atoms with Crippen molar-refractivity contribution >= 4 is 17.5 Å². The predicted molar refractivity (Wildman–Crippen MR) is 107 cm³/mol. The van der Waals surface area contributed by atoms with Crippen LogP contribution in [-0.2, 0) is 11.3 Å². The van der Waals surface area contributed by atoms with Crippen molar-refractivity contribution in [2.24, 2.45) is 0 Å². The highest BCUT2D eigenvalue weighted by Gasteiger charge is 2.41. The van der Waals surface area contributed by atoms with E-state index in [1.165, 1.54) is 0 Å². The number of benzene rings is 3. The zero-order chi connectivity index (χ0) is 19.5. The largest absolute Gasteiger partial charge is 0.497 e. The number of nitrogens with zero attached hydrogens (tertiary/aromatic N) is 1. The number of methoxy groups -OCH3 is 1. The van der Waals surface area contributed by atoms with Gasteiger partial charge in [-0.25, -0.2) is 0 Å². The Kier molecular flexibility index (Phi) is 4.81. The molecular formula is C23H20N2O3. The maximum absolute atomic E-state index is 13.1. The molecule has 0 aromatic heterocycles. The summed E-state index contributed by atoms with van der Waals surface area (Å²) in [6.45, 7) is 0.406. The minimum absolute atomic E-state index is 0.180. The Morgan fingerprint density at radius 1 is 0.964 bits per heavy atom. The van der Waals surface area contributed by atoms with Crippen LogP contribution in [0.5, 0.6) is 5.75 Å². The molecule has 1 aliphatic heterocycles. The van der Waals surface area contributed by atoms with E-state index in [1.54, 1.807) is 42.3 Å². The second-order valence-electron chi connectivity index (χ2n) is 6.57. The average Bonchev–Trinajstić information content (AvgIpc) is 3.05. The van der Waals surface area contributed by atoms with E-state index in [0.29, 0.717) is 29.1 Å². The predicted octanol–water partition coefficient (Wildman–Crippen LogP) is 3.71. The van der Waals surface area contributed by atoms with Gasteiger partial charge in [-0.3, -0.25) is 14.5 Å². The van der Waals surface area contributed by atoms with Crippen LogP contribution in [0.25, 0.3) is 0 Å². The van der Waals surface area contributed by atoms with Crippen LogP contribution in [0.3, 0.4) is 0 Å². The Balaban J connectivity index is 1.65. The molecule has 5 heteroatoms. The van der Waals surface area contributed by atoms with E-state index in [0.717, 1.165) is 5.56 Å². The minimum Gasteiger partial charge on any atom is -0.497 e. The van der Waals surface area contributed by atoms with Crippen molar-refractivity contribution in [2.45, 2.75) is 12.6 Å². The maximum Gasteiger partial charge on any atom is 0.259 e. The quantitative estimate of drug-likeness (QED) is 0.743. The summed E-state index contributed by atoms with van der Waals surface area (Å²) < 4.78 is 5.20. The van der Waals surface area contributed by atoms with Crippen molar-refractivity contribution in [3.05, 3.63) is 95.6 Å². The van der Waals surface area contributed by atoms with Gasteiger partial charge in [0.2, 0.25) is 5.91 Å². The summed E-state index contributed by atoms with van der Waals surface area (Å²) in [6, 6.07) is 23.4. The molecule has 1 heterocycles. The van der Waals surface area contributed by atoms with E-state index >= 15 is 0 Å². The Bertz CT molecular complexity index is 1000. The molecule has 0 fully saturated rings. The number of amides is 2. The summed E-state index contributed by atoms with van der Waals surface area (Å²) in [6.07, 6.45) is 0. The van der Waals surface area contributed by atoms with Gasteiger partial charge in [0.25, 0.3) is 5.91 Å². The monoisotopic (exact) mass is 372 g/mol. The zero-order valence-corrected chi connectivity index (χ0v) is 15.5. The van der Waals surface area contributed by atoms with Crippen LogP contribution in [0.4, 0.5) is 5.69 Å². The fourth-order valence-corrected chi connectivity index (χ4v) is 3.47. The minimum atomic E-state index is -0.708. The van der Waals surface area contributed by atoms with Gasteiger partial charge in [-0.1, -0.05) is 48.5 Å². The van der Waals surface area contributed by atoms with E-state index in [9.17, 15) is 9.59 Å². The molecule has 3 aromatic carbocycles. The number of ether oxygens (including phenoxy) is 1. The third-order valence-electron chi connectivity index (χ3n) is 4.87. The topological polar surface area (TPSA) is 58.6 Å². The lowest BCUT2D eigenvalue weighted by molar-refractivity contribution is -0.122. The first-order chi connectivity index (χ1) is 13.7. The number of carbonyl (C=O) groups is 2. The maximum atomic E-state index is 13.1. The molecule has 0 saturated carbocycles. The Labute approximate surface area is 163 Å². The number of hydrogen-bond donors (Lipinski definition) is 1. The van der Waals surface area contributed by atoms with Crippen LogP contribution in [0, 0.1) is 0 Å². The summed E-state index contributed by atoms with van der Waals surface area (Å²) in [5.74, 6) is 0.302. The molecule has 0 aliphatic carbocycles. The molecule has 0 saturated heterocycles. The fraction of sp³-hybridized carbons (Fsp3) is 0.130. The van der Waals surface area contributed by atoms with Gasteiger partial charge in [0.05, 0.1) is 7.11 Å². The summed E-state index contributed by atoms with van der Waals surface area (Å²) in [7, 11) is 1.59. The number of fused-ring (bicyclic) bond motifs is 1. The van der Waals surface area contributed by atoms with Crippen molar-refractivity contribution in [3.63, 3.8) is 0 Å². The SMILES string of the molecule is COc1ccc(N2C(=O)c3ccccc3C2C(=O)NCc2ccccc2)cc1. The normalized spacial score (nSPS) is 15.2. The highest BCUT2D eigenvalue weighted by Crippen LogP contribution is 2.38. The number of rotatable bonds is 5. The second kappa shape index (κ2) is 7.56. The van der Waals surface area contributed by atoms with Crippen LogP contribution in [0.2, 0.25) is 0 Å². The summed E-state index contributed by atoms with van der Waals surface area (Å²) >= 11 is 0.